The van der Waals surface area contributed by atoms with Crippen LogP contribution in [-0.4, -0.2) is 35.8 Å². The average molecular weight is 399 g/mol. The largest absolute Gasteiger partial charge is 0.363 e. The highest BCUT2D eigenvalue weighted by atomic mass is 32.2. The molecule has 148 valence electrons. The highest BCUT2D eigenvalue weighted by Crippen LogP contribution is 2.27. The van der Waals surface area contributed by atoms with Crippen molar-refractivity contribution in [2.24, 2.45) is 0 Å². The third-order valence-electron chi connectivity index (χ3n) is 4.95. The molecular formula is C21H26N4O2S. The van der Waals surface area contributed by atoms with Gasteiger partial charge in [0.2, 0.25) is 10.0 Å². The molecule has 3 rings (SSSR count). The summed E-state index contributed by atoms with van der Waals surface area (Å²) in [5, 5.41) is 4.43. The highest BCUT2D eigenvalue weighted by Gasteiger charge is 2.21. The summed E-state index contributed by atoms with van der Waals surface area (Å²) in [5.41, 5.74) is 2.98. The zero-order valence-corrected chi connectivity index (χ0v) is 17.5. The Morgan fingerprint density at radius 3 is 2.36 bits per heavy atom. The minimum absolute atomic E-state index is 0.0390. The molecule has 0 fully saturated rings. The summed E-state index contributed by atoms with van der Waals surface area (Å²) in [4.78, 5) is 9.06. The number of hydrogen-bond donors (Lipinski definition) is 1. The number of aromatic nitrogens is 2. The van der Waals surface area contributed by atoms with Crippen molar-refractivity contribution in [3.8, 4) is 0 Å². The number of rotatable bonds is 7. The molecule has 0 aliphatic carbocycles. The highest BCUT2D eigenvalue weighted by molar-refractivity contribution is 7.89. The Hall–Kier alpha value is -2.51. The molecule has 1 heterocycles. The number of hydrogen-bond acceptors (Lipinski definition) is 5. The zero-order chi connectivity index (χ0) is 20.3. The first kappa shape index (κ1) is 20.2. The van der Waals surface area contributed by atoms with E-state index in [0.717, 1.165) is 27.8 Å². The van der Waals surface area contributed by atoms with Crippen LogP contribution in [0.3, 0.4) is 0 Å². The molecular weight excluding hydrogens is 372 g/mol. The zero-order valence-electron chi connectivity index (χ0n) is 16.7. The molecule has 1 atom stereocenters. The van der Waals surface area contributed by atoms with Gasteiger partial charge in [0.25, 0.3) is 0 Å². The first-order chi connectivity index (χ1) is 13.4. The van der Waals surface area contributed by atoms with Crippen LogP contribution in [-0.2, 0) is 10.0 Å². The molecule has 2 aromatic carbocycles. The summed E-state index contributed by atoms with van der Waals surface area (Å²) in [7, 11) is -3.44. The topological polar surface area (TPSA) is 75.2 Å². The quantitative estimate of drug-likeness (QED) is 0.647. The summed E-state index contributed by atoms with van der Waals surface area (Å²) >= 11 is 0. The van der Waals surface area contributed by atoms with E-state index >= 15 is 0 Å². The number of fused-ring (bicyclic) bond motifs is 1. The maximum absolute atomic E-state index is 12.6. The number of benzene rings is 2. The molecule has 0 aliphatic rings. The van der Waals surface area contributed by atoms with Gasteiger partial charge in [0.1, 0.15) is 12.1 Å². The van der Waals surface area contributed by atoms with Gasteiger partial charge < -0.3 is 5.32 Å². The lowest BCUT2D eigenvalue weighted by Crippen LogP contribution is -2.30. The fourth-order valence-corrected chi connectivity index (χ4v) is 4.78. The van der Waals surface area contributed by atoms with Gasteiger partial charge in [-0.15, -0.1) is 0 Å². The Bertz CT molecular complexity index is 1060. The van der Waals surface area contributed by atoms with Crippen molar-refractivity contribution in [1.29, 1.82) is 0 Å². The van der Waals surface area contributed by atoms with Crippen LogP contribution in [0, 0.1) is 6.92 Å². The van der Waals surface area contributed by atoms with Crippen LogP contribution >= 0.6 is 0 Å². The molecule has 0 radical (unpaired) electrons. The molecule has 1 N–H and O–H groups in total. The van der Waals surface area contributed by atoms with E-state index in [1.54, 1.807) is 18.5 Å². The lowest BCUT2D eigenvalue weighted by Gasteiger charge is -2.20. The Morgan fingerprint density at radius 2 is 1.71 bits per heavy atom. The van der Waals surface area contributed by atoms with E-state index in [9.17, 15) is 8.42 Å². The molecule has 1 unspecified atom stereocenters. The van der Waals surface area contributed by atoms with Crippen LogP contribution in [0.25, 0.3) is 10.9 Å². The van der Waals surface area contributed by atoms with Gasteiger partial charge in [-0.3, -0.25) is 0 Å². The van der Waals surface area contributed by atoms with Crippen LogP contribution < -0.4 is 5.32 Å². The van der Waals surface area contributed by atoms with E-state index in [-0.39, 0.29) is 6.04 Å². The van der Waals surface area contributed by atoms with Crippen LogP contribution in [0.5, 0.6) is 0 Å². The summed E-state index contributed by atoms with van der Waals surface area (Å²) in [6.45, 7) is 8.66. The molecule has 1 aromatic heterocycles. The fraction of sp³-hybridized carbons (Fsp3) is 0.333. The van der Waals surface area contributed by atoms with E-state index in [2.05, 4.69) is 15.3 Å². The van der Waals surface area contributed by atoms with Gasteiger partial charge in [0, 0.05) is 24.5 Å². The summed E-state index contributed by atoms with van der Waals surface area (Å²) < 4.78 is 26.7. The van der Waals surface area contributed by atoms with Gasteiger partial charge in [-0.25, -0.2) is 18.4 Å². The van der Waals surface area contributed by atoms with Gasteiger partial charge in [-0.1, -0.05) is 38.1 Å². The second-order valence-electron chi connectivity index (χ2n) is 6.72. The van der Waals surface area contributed by atoms with Crippen molar-refractivity contribution >= 4 is 26.7 Å². The molecule has 3 aromatic rings. The van der Waals surface area contributed by atoms with Gasteiger partial charge in [-0.2, -0.15) is 4.31 Å². The lowest BCUT2D eigenvalue weighted by atomic mass is 10.1. The predicted octanol–water partition coefficient (Wildman–Crippen LogP) is 4.14. The van der Waals surface area contributed by atoms with E-state index < -0.39 is 10.0 Å². The summed E-state index contributed by atoms with van der Waals surface area (Å²) in [6, 6.07) is 13.0. The Balaban J connectivity index is 1.86. The van der Waals surface area contributed by atoms with Crippen molar-refractivity contribution in [2.75, 3.05) is 18.4 Å². The fourth-order valence-electron chi connectivity index (χ4n) is 3.32. The predicted molar refractivity (Wildman–Crippen MR) is 113 cm³/mol. The summed E-state index contributed by atoms with van der Waals surface area (Å²) in [5.74, 6) is 0.774. The minimum atomic E-state index is -3.44. The smallest absolute Gasteiger partial charge is 0.243 e. The molecule has 28 heavy (non-hydrogen) atoms. The van der Waals surface area contributed by atoms with Crippen molar-refractivity contribution in [3.63, 3.8) is 0 Å². The molecule has 7 heteroatoms. The number of anilines is 1. The number of nitrogens with zero attached hydrogens (tertiary/aromatic N) is 3. The number of sulfonamides is 1. The van der Waals surface area contributed by atoms with Gasteiger partial charge in [0.15, 0.2) is 0 Å². The molecule has 0 saturated carbocycles. The second-order valence-corrected chi connectivity index (χ2v) is 8.65. The molecule has 6 nitrogen and oxygen atoms in total. The van der Waals surface area contributed by atoms with Crippen molar-refractivity contribution in [2.45, 2.75) is 38.6 Å². The molecule has 0 saturated heterocycles. The van der Waals surface area contributed by atoms with E-state index in [1.807, 2.05) is 58.0 Å². The number of aryl methyl sites for hydroxylation is 1. The lowest BCUT2D eigenvalue weighted by molar-refractivity contribution is 0.445. The maximum atomic E-state index is 12.6. The van der Waals surface area contributed by atoms with Crippen molar-refractivity contribution < 1.29 is 8.42 Å². The SMILES string of the molecule is CCN(CC)S(=O)(=O)c1ccc(C(C)Nc2ncnc3cccc(C)c23)cc1. The third kappa shape index (κ3) is 3.86. The molecule has 0 amide bonds. The maximum Gasteiger partial charge on any atom is 0.243 e. The normalized spacial score (nSPS) is 13.0. The van der Waals surface area contributed by atoms with Crippen molar-refractivity contribution in [1.82, 2.24) is 14.3 Å². The van der Waals surface area contributed by atoms with Crippen LogP contribution in [0.4, 0.5) is 5.82 Å². The van der Waals surface area contributed by atoms with Crippen molar-refractivity contribution in [3.05, 3.63) is 59.9 Å². The molecule has 0 aliphatic heterocycles. The molecule has 0 spiro atoms. The first-order valence-corrected chi connectivity index (χ1v) is 10.9. The van der Waals surface area contributed by atoms with Crippen LogP contribution in [0.1, 0.15) is 37.9 Å². The van der Waals surface area contributed by atoms with Crippen LogP contribution in [0.15, 0.2) is 53.7 Å². The van der Waals surface area contributed by atoms with Gasteiger partial charge >= 0.3 is 0 Å². The van der Waals surface area contributed by atoms with Crippen LogP contribution in [0.2, 0.25) is 0 Å². The Kier molecular flexibility index (Phi) is 5.96. The van der Waals surface area contributed by atoms with Gasteiger partial charge in [-0.05, 0) is 43.2 Å². The van der Waals surface area contributed by atoms with Gasteiger partial charge in [0.05, 0.1) is 10.4 Å². The number of nitrogens with one attached hydrogen (secondary N) is 1. The minimum Gasteiger partial charge on any atom is -0.363 e. The molecule has 0 bridgehead atoms. The third-order valence-corrected chi connectivity index (χ3v) is 7.01. The standard InChI is InChI=1S/C21H26N4O2S/c1-5-25(6-2)28(26,27)18-12-10-17(11-13-18)16(4)24-21-20-15(3)8-7-9-19(20)22-14-23-21/h7-14,16H,5-6H2,1-4H3,(H,22,23,24). The summed E-state index contributed by atoms with van der Waals surface area (Å²) in [6.07, 6.45) is 1.55. The monoisotopic (exact) mass is 398 g/mol. The van der Waals surface area contributed by atoms with E-state index in [1.165, 1.54) is 4.31 Å². The Morgan fingerprint density at radius 1 is 1.04 bits per heavy atom. The average Bonchev–Trinajstić information content (AvgIpc) is 2.69. The van der Waals surface area contributed by atoms with E-state index in [0.29, 0.717) is 18.0 Å². The second kappa shape index (κ2) is 8.24. The Labute approximate surface area is 166 Å². The first-order valence-electron chi connectivity index (χ1n) is 9.45. The van der Waals surface area contributed by atoms with E-state index in [4.69, 9.17) is 0 Å².